The summed E-state index contributed by atoms with van der Waals surface area (Å²) in [6.07, 6.45) is 5.32. The molecule has 1 aliphatic heterocycles. The summed E-state index contributed by atoms with van der Waals surface area (Å²) in [7, 11) is 1.65. The SMILES string of the molecule is COc1ccc(C)c2c1N[C@@H](c1cc([N+](=O)[O-])ccc1Cl)[C@@H]1CC=C[C@@H]21. The van der Waals surface area contributed by atoms with Crippen molar-refractivity contribution < 1.29 is 9.66 Å². The lowest BCUT2D eigenvalue weighted by molar-refractivity contribution is -0.384. The van der Waals surface area contributed by atoms with Gasteiger partial charge >= 0.3 is 0 Å². The fourth-order valence-electron chi connectivity index (χ4n) is 4.23. The number of benzene rings is 2. The van der Waals surface area contributed by atoms with Crippen LogP contribution >= 0.6 is 11.6 Å². The van der Waals surface area contributed by atoms with Gasteiger partial charge in [-0.25, -0.2) is 0 Å². The highest BCUT2D eigenvalue weighted by Gasteiger charge is 2.40. The third-order valence-corrected chi connectivity index (χ3v) is 5.79. The monoisotopic (exact) mass is 370 g/mol. The van der Waals surface area contributed by atoms with Crippen molar-refractivity contribution in [2.75, 3.05) is 12.4 Å². The molecule has 0 unspecified atom stereocenters. The number of fused-ring (bicyclic) bond motifs is 3. The van der Waals surface area contributed by atoms with E-state index in [1.807, 2.05) is 6.07 Å². The molecule has 5 nitrogen and oxygen atoms in total. The highest BCUT2D eigenvalue weighted by atomic mass is 35.5. The molecular formula is C20H19ClN2O3. The molecule has 6 heteroatoms. The van der Waals surface area contributed by atoms with Gasteiger partial charge in [0, 0.05) is 28.6 Å². The lowest BCUT2D eigenvalue weighted by atomic mass is 9.75. The van der Waals surface area contributed by atoms with Gasteiger partial charge in [-0.2, -0.15) is 0 Å². The van der Waals surface area contributed by atoms with Crippen molar-refractivity contribution in [2.24, 2.45) is 5.92 Å². The minimum atomic E-state index is -0.383. The maximum Gasteiger partial charge on any atom is 0.269 e. The van der Waals surface area contributed by atoms with Crippen LogP contribution in [0.3, 0.4) is 0 Å². The summed E-state index contributed by atoms with van der Waals surface area (Å²) in [5.41, 5.74) is 4.21. The first-order valence-electron chi connectivity index (χ1n) is 8.55. The number of nitrogens with one attached hydrogen (secondary N) is 1. The van der Waals surface area contributed by atoms with Gasteiger partial charge < -0.3 is 10.1 Å². The molecule has 0 aromatic heterocycles. The molecule has 2 aromatic rings. The van der Waals surface area contributed by atoms with Gasteiger partial charge in [0.25, 0.3) is 5.69 Å². The molecule has 0 spiro atoms. The third kappa shape index (κ3) is 2.54. The Balaban J connectivity index is 1.87. The Bertz CT molecular complexity index is 926. The Morgan fingerprint density at radius 3 is 2.85 bits per heavy atom. The van der Waals surface area contributed by atoms with E-state index in [0.29, 0.717) is 5.02 Å². The van der Waals surface area contributed by atoms with E-state index in [-0.39, 0.29) is 28.5 Å². The second kappa shape index (κ2) is 6.32. The fourth-order valence-corrected chi connectivity index (χ4v) is 4.47. The van der Waals surface area contributed by atoms with Crippen molar-refractivity contribution in [3.63, 3.8) is 0 Å². The van der Waals surface area contributed by atoms with Gasteiger partial charge in [-0.3, -0.25) is 10.1 Å². The van der Waals surface area contributed by atoms with Crippen LogP contribution in [0.5, 0.6) is 5.75 Å². The number of nitrogens with zero attached hydrogens (tertiary/aromatic N) is 1. The van der Waals surface area contributed by atoms with Crippen LogP contribution in [0.1, 0.15) is 35.1 Å². The standard InChI is InChI=1S/C20H19ClN2O3/c1-11-6-9-17(26-2)20-18(11)13-4-3-5-14(13)19(22-20)15-10-12(23(24)25)7-8-16(15)21/h3-4,6-10,13-14,19,22H,5H2,1-2H3/t13-,14-,19-/m1/s1. The van der Waals surface area contributed by atoms with Gasteiger partial charge in [-0.05, 0) is 42.5 Å². The van der Waals surface area contributed by atoms with E-state index < -0.39 is 0 Å². The summed E-state index contributed by atoms with van der Waals surface area (Å²) >= 11 is 6.44. The Morgan fingerprint density at radius 2 is 2.12 bits per heavy atom. The van der Waals surface area contributed by atoms with E-state index in [2.05, 4.69) is 30.5 Å². The number of non-ortho nitro benzene ring substituents is 1. The maximum absolute atomic E-state index is 11.2. The van der Waals surface area contributed by atoms with Gasteiger partial charge in [0.05, 0.1) is 23.8 Å². The summed E-state index contributed by atoms with van der Waals surface area (Å²) in [6, 6.07) is 8.54. The molecule has 0 fully saturated rings. The predicted octanol–water partition coefficient (Wildman–Crippen LogP) is 5.39. The zero-order valence-electron chi connectivity index (χ0n) is 14.5. The average molecular weight is 371 g/mol. The van der Waals surface area contributed by atoms with E-state index in [9.17, 15) is 10.1 Å². The molecule has 0 radical (unpaired) electrons. The maximum atomic E-state index is 11.2. The Morgan fingerprint density at radius 1 is 1.31 bits per heavy atom. The fraction of sp³-hybridized carbons (Fsp3) is 0.300. The molecule has 3 atom stereocenters. The summed E-state index contributed by atoms with van der Waals surface area (Å²) in [6.45, 7) is 2.10. The molecule has 0 saturated carbocycles. The van der Waals surface area contributed by atoms with Crippen LogP contribution in [0.25, 0.3) is 0 Å². The number of nitro groups is 1. The van der Waals surface area contributed by atoms with Gasteiger partial charge in [0.15, 0.2) is 0 Å². The number of anilines is 1. The number of hydrogen-bond donors (Lipinski definition) is 1. The Kier molecular flexibility index (Phi) is 4.11. The van der Waals surface area contributed by atoms with Gasteiger partial charge in [0.2, 0.25) is 0 Å². The van der Waals surface area contributed by atoms with Crippen LogP contribution in [-0.2, 0) is 0 Å². The molecule has 0 bridgehead atoms. The summed E-state index contributed by atoms with van der Waals surface area (Å²) in [4.78, 5) is 10.8. The molecule has 1 N–H and O–H groups in total. The van der Waals surface area contributed by atoms with E-state index in [0.717, 1.165) is 23.4 Å². The first kappa shape index (κ1) is 16.9. The number of halogens is 1. The number of rotatable bonds is 3. The first-order valence-corrected chi connectivity index (χ1v) is 8.93. The number of ether oxygens (including phenoxy) is 1. The number of nitro benzene ring substituents is 1. The highest BCUT2D eigenvalue weighted by molar-refractivity contribution is 6.31. The zero-order chi connectivity index (χ0) is 18.4. The lowest BCUT2D eigenvalue weighted by Gasteiger charge is -2.39. The third-order valence-electron chi connectivity index (χ3n) is 5.44. The number of hydrogen-bond acceptors (Lipinski definition) is 4. The molecule has 1 aliphatic carbocycles. The number of methoxy groups -OCH3 is 1. The molecule has 26 heavy (non-hydrogen) atoms. The first-order chi connectivity index (χ1) is 12.5. The predicted molar refractivity (Wildman–Crippen MR) is 102 cm³/mol. The second-order valence-corrected chi connectivity index (χ2v) is 7.22. The van der Waals surface area contributed by atoms with Crippen molar-refractivity contribution >= 4 is 23.0 Å². The van der Waals surface area contributed by atoms with E-state index in [1.54, 1.807) is 19.2 Å². The summed E-state index contributed by atoms with van der Waals surface area (Å²) in [5.74, 6) is 1.27. The van der Waals surface area contributed by atoms with Gasteiger partial charge in [-0.15, -0.1) is 0 Å². The Hall–Kier alpha value is -2.53. The quantitative estimate of drug-likeness (QED) is 0.447. The molecular weight excluding hydrogens is 352 g/mol. The van der Waals surface area contributed by atoms with Crippen molar-refractivity contribution in [2.45, 2.75) is 25.3 Å². The normalized spacial score (nSPS) is 23.1. The van der Waals surface area contributed by atoms with E-state index in [4.69, 9.17) is 16.3 Å². The molecule has 4 rings (SSSR count). The molecule has 1 heterocycles. The smallest absolute Gasteiger partial charge is 0.269 e. The van der Waals surface area contributed by atoms with Crippen molar-refractivity contribution in [1.82, 2.24) is 0 Å². The molecule has 0 saturated heterocycles. The Labute approximate surface area is 156 Å². The molecule has 0 amide bonds. The van der Waals surface area contributed by atoms with Crippen LogP contribution in [0, 0.1) is 23.0 Å². The molecule has 134 valence electrons. The van der Waals surface area contributed by atoms with Crippen LogP contribution in [0.15, 0.2) is 42.5 Å². The number of aryl methyl sites for hydroxylation is 1. The second-order valence-electron chi connectivity index (χ2n) is 6.81. The van der Waals surface area contributed by atoms with E-state index >= 15 is 0 Å². The summed E-state index contributed by atoms with van der Waals surface area (Å²) < 4.78 is 5.56. The van der Waals surface area contributed by atoms with Crippen LogP contribution < -0.4 is 10.1 Å². The van der Waals surface area contributed by atoms with Crippen LogP contribution in [0.2, 0.25) is 5.02 Å². The number of allylic oxidation sites excluding steroid dienone is 2. The van der Waals surface area contributed by atoms with Crippen LogP contribution in [-0.4, -0.2) is 12.0 Å². The van der Waals surface area contributed by atoms with Crippen molar-refractivity contribution in [1.29, 1.82) is 0 Å². The zero-order valence-corrected chi connectivity index (χ0v) is 15.3. The largest absolute Gasteiger partial charge is 0.495 e. The highest BCUT2D eigenvalue weighted by Crippen LogP contribution is 2.54. The topological polar surface area (TPSA) is 64.4 Å². The average Bonchev–Trinajstić information content (AvgIpc) is 3.11. The summed E-state index contributed by atoms with van der Waals surface area (Å²) in [5, 5.41) is 15.3. The minimum absolute atomic E-state index is 0.0516. The van der Waals surface area contributed by atoms with E-state index in [1.165, 1.54) is 17.2 Å². The van der Waals surface area contributed by atoms with Crippen LogP contribution in [0.4, 0.5) is 11.4 Å². The van der Waals surface area contributed by atoms with Crippen molar-refractivity contribution in [3.05, 3.63) is 74.3 Å². The molecule has 2 aromatic carbocycles. The molecule has 2 aliphatic rings. The minimum Gasteiger partial charge on any atom is -0.495 e. The van der Waals surface area contributed by atoms with Crippen molar-refractivity contribution in [3.8, 4) is 5.75 Å². The lowest BCUT2D eigenvalue weighted by Crippen LogP contribution is -2.30. The van der Waals surface area contributed by atoms with Gasteiger partial charge in [0.1, 0.15) is 5.75 Å². The van der Waals surface area contributed by atoms with Gasteiger partial charge in [-0.1, -0.05) is 29.8 Å².